The van der Waals surface area contributed by atoms with Crippen molar-refractivity contribution in [3.63, 3.8) is 0 Å². The van der Waals surface area contributed by atoms with Crippen LogP contribution in [0.25, 0.3) is 6.08 Å². The Morgan fingerprint density at radius 1 is 0.849 bits per heavy atom. The summed E-state index contributed by atoms with van der Waals surface area (Å²) in [5.74, 6) is 2.41. The standard InChI is InChI=1S/C20H25NO4S.C9H13NO4.C9H9NO3/c1-21-17-10-14(6-7-18(17)23-3)13-26-9-8-16-19(24-4)11-15(22-2)12-20(16)25-5;1-2-3-4-9(13)14-10-7(11)5-6-8(10)12;11-6-10-9-3-1-8(2-4-9)5-13-7-12/h6-12,21H,13H2,1-5H3;2-6H2,1H3;1-4,6-7H,5H2,(H,10,11)/b9-8+;;. The molecule has 0 aromatic heterocycles. The normalized spacial score (nSPS) is 11.7. The third-order valence-corrected chi connectivity index (χ3v) is 8.13. The van der Waals surface area contributed by atoms with Crippen LogP contribution >= 0.6 is 11.8 Å². The van der Waals surface area contributed by atoms with E-state index in [-0.39, 0.29) is 25.9 Å². The van der Waals surface area contributed by atoms with Crippen molar-refractivity contribution in [2.24, 2.45) is 0 Å². The predicted octanol–water partition coefficient (Wildman–Crippen LogP) is 6.38. The number of anilines is 2. The molecule has 0 spiro atoms. The van der Waals surface area contributed by atoms with Crippen molar-refractivity contribution in [2.45, 2.75) is 51.4 Å². The number of amides is 3. The van der Waals surface area contributed by atoms with Crippen LogP contribution in [-0.4, -0.2) is 71.2 Å². The Morgan fingerprint density at radius 3 is 2.00 bits per heavy atom. The Morgan fingerprint density at radius 2 is 1.47 bits per heavy atom. The van der Waals surface area contributed by atoms with E-state index in [4.69, 9.17) is 18.9 Å². The molecule has 0 saturated carbocycles. The van der Waals surface area contributed by atoms with Gasteiger partial charge in [-0.15, -0.1) is 16.8 Å². The van der Waals surface area contributed by atoms with Crippen molar-refractivity contribution >= 4 is 59.9 Å². The number of carbonyl (C=O) groups excluding carboxylic acids is 5. The number of benzene rings is 3. The summed E-state index contributed by atoms with van der Waals surface area (Å²) in [4.78, 5) is 57.7. The molecule has 3 aromatic rings. The molecule has 0 radical (unpaired) electrons. The van der Waals surface area contributed by atoms with Crippen LogP contribution in [0.4, 0.5) is 11.4 Å². The molecule has 1 saturated heterocycles. The van der Waals surface area contributed by atoms with Gasteiger partial charge in [-0.05, 0) is 53.3 Å². The molecule has 286 valence electrons. The first-order valence-electron chi connectivity index (χ1n) is 16.5. The van der Waals surface area contributed by atoms with Crippen molar-refractivity contribution in [1.82, 2.24) is 5.06 Å². The highest BCUT2D eigenvalue weighted by molar-refractivity contribution is 8.01. The highest BCUT2D eigenvalue weighted by Crippen LogP contribution is 2.36. The summed E-state index contributed by atoms with van der Waals surface area (Å²) < 4.78 is 26.1. The molecule has 4 rings (SSSR count). The lowest BCUT2D eigenvalue weighted by atomic mass is 10.1. The second-order valence-corrected chi connectivity index (χ2v) is 11.8. The van der Waals surface area contributed by atoms with Gasteiger partial charge >= 0.3 is 5.97 Å². The van der Waals surface area contributed by atoms with Gasteiger partial charge in [0.15, 0.2) is 0 Å². The number of nitrogens with one attached hydrogen (secondary N) is 2. The topological polar surface area (TPSA) is 168 Å². The third kappa shape index (κ3) is 14.8. The number of thioether (sulfide) groups is 1. The highest BCUT2D eigenvalue weighted by Gasteiger charge is 2.32. The van der Waals surface area contributed by atoms with Crippen LogP contribution < -0.4 is 29.6 Å². The van der Waals surface area contributed by atoms with E-state index in [9.17, 15) is 24.0 Å². The number of hydroxylamine groups is 2. The lowest BCUT2D eigenvalue weighted by Gasteiger charge is -2.12. The molecule has 15 heteroatoms. The lowest BCUT2D eigenvalue weighted by molar-refractivity contribution is -0.197. The van der Waals surface area contributed by atoms with Crippen molar-refractivity contribution in [1.29, 1.82) is 0 Å². The van der Waals surface area contributed by atoms with E-state index < -0.39 is 17.8 Å². The molecular weight excluding hydrogens is 706 g/mol. The molecule has 2 N–H and O–H groups in total. The molecule has 1 aliphatic heterocycles. The minimum Gasteiger partial charge on any atom is -0.496 e. The van der Waals surface area contributed by atoms with E-state index in [2.05, 4.69) is 32.3 Å². The first-order valence-corrected chi connectivity index (χ1v) is 17.6. The molecular formula is C38H47N3O11S. The maximum atomic E-state index is 11.1. The molecule has 0 aliphatic carbocycles. The molecule has 1 fully saturated rings. The quantitative estimate of drug-likeness (QED) is 0.109. The molecule has 0 atom stereocenters. The molecule has 3 amide bonds. The number of imide groups is 1. The van der Waals surface area contributed by atoms with Gasteiger partial charge in [0.1, 0.15) is 29.6 Å². The molecule has 0 bridgehead atoms. The Labute approximate surface area is 314 Å². The number of hydrogen-bond donors (Lipinski definition) is 2. The minimum atomic E-state index is -0.518. The smallest absolute Gasteiger partial charge is 0.333 e. The number of rotatable bonds is 18. The number of nitrogens with zero attached hydrogens (tertiary/aromatic N) is 1. The fourth-order valence-corrected chi connectivity index (χ4v) is 5.22. The Balaban J connectivity index is 0.000000303. The Kier molecular flexibility index (Phi) is 20.1. The Bertz CT molecular complexity index is 1620. The van der Waals surface area contributed by atoms with E-state index in [1.807, 2.05) is 43.7 Å². The van der Waals surface area contributed by atoms with Crippen molar-refractivity contribution in [3.8, 4) is 23.0 Å². The van der Waals surface area contributed by atoms with Crippen LogP contribution in [0.1, 0.15) is 55.7 Å². The zero-order chi connectivity index (χ0) is 39.0. The predicted molar refractivity (Wildman–Crippen MR) is 203 cm³/mol. The fourth-order valence-electron chi connectivity index (χ4n) is 4.52. The summed E-state index contributed by atoms with van der Waals surface area (Å²) in [5, 5.41) is 8.27. The Hall–Kier alpha value is -5.70. The van der Waals surface area contributed by atoms with Crippen LogP contribution in [0.2, 0.25) is 0 Å². The molecule has 0 unspecified atom stereocenters. The summed E-state index contributed by atoms with van der Waals surface area (Å²) in [7, 11) is 8.44. The molecule has 53 heavy (non-hydrogen) atoms. The van der Waals surface area contributed by atoms with Gasteiger partial charge in [0, 0.05) is 49.9 Å². The molecule has 14 nitrogen and oxygen atoms in total. The van der Waals surface area contributed by atoms with Gasteiger partial charge in [-0.2, -0.15) is 0 Å². The number of unbranched alkanes of at least 4 members (excludes halogenated alkanes) is 1. The second-order valence-electron chi connectivity index (χ2n) is 10.9. The number of methoxy groups -OCH3 is 4. The maximum absolute atomic E-state index is 11.1. The van der Waals surface area contributed by atoms with E-state index in [1.54, 1.807) is 64.5 Å². The van der Waals surface area contributed by atoms with E-state index >= 15 is 0 Å². The lowest BCUT2D eigenvalue weighted by Crippen LogP contribution is -2.31. The number of carbonyl (C=O) groups is 5. The van der Waals surface area contributed by atoms with Crippen LogP contribution in [0.3, 0.4) is 0 Å². The van der Waals surface area contributed by atoms with Crippen molar-refractivity contribution in [3.05, 3.63) is 76.7 Å². The van der Waals surface area contributed by atoms with Gasteiger partial charge in [0.25, 0.3) is 18.3 Å². The third-order valence-electron chi connectivity index (χ3n) is 7.30. The molecule has 1 aliphatic rings. The SMILES string of the molecule is CCCCC(=O)ON1C(=O)CCC1=O.CNc1cc(CS/C=C/c2c(OC)cc(OC)cc2OC)ccc1OC.O=CNc1ccc(COC=O)cc1. The van der Waals surface area contributed by atoms with Gasteiger partial charge in [-0.1, -0.05) is 31.5 Å². The van der Waals surface area contributed by atoms with Crippen LogP contribution in [0.15, 0.2) is 60.0 Å². The second kappa shape index (κ2) is 24.5. The van der Waals surface area contributed by atoms with Gasteiger partial charge in [0.05, 0.1) is 39.7 Å². The fraction of sp³-hybridized carbons (Fsp3) is 0.342. The summed E-state index contributed by atoms with van der Waals surface area (Å²) in [6.07, 6.45) is 4.70. The highest BCUT2D eigenvalue weighted by atomic mass is 32.2. The first kappa shape index (κ1) is 43.5. The van der Waals surface area contributed by atoms with E-state index in [0.29, 0.717) is 47.3 Å². The summed E-state index contributed by atoms with van der Waals surface area (Å²) in [5.41, 5.74) is 4.66. The number of ether oxygens (including phenoxy) is 5. The van der Waals surface area contributed by atoms with E-state index in [1.165, 1.54) is 5.56 Å². The summed E-state index contributed by atoms with van der Waals surface area (Å²) in [6, 6.07) is 16.8. The van der Waals surface area contributed by atoms with Gasteiger partial charge < -0.3 is 39.2 Å². The minimum absolute atomic E-state index is 0.139. The summed E-state index contributed by atoms with van der Waals surface area (Å²) in [6.45, 7) is 2.60. The number of hydrogen-bond acceptors (Lipinski definition) is 13. The van der Waals surface area contributed by atoms with Crippen LogP contribution in [0.5, 0.6) is 23.0 Å². The van der Waals surface area contributed by atoms with E-state index in [0.717, 1.165) is 34.7 Å². The molecule has 1 heterocycles. The van der Waals surface area contributed by atoms with Crippen LogP contribution in [-0.2, 0) is 45.9 Å². The van der Waals surface area contributed by atoms with Gasteiger partial charge in [-0.25, -0.2) is 4.79 Å². The molecule has 3 aromatic carbocycles. The van der Waals surface area contributed by atoms with Crippen molar-refractivity contribution in [2.75, 3.05) is 46.1 Å². The monoisotopic (exact) mass is 753 g/mol. The average molecular weight is 754 g/mol. The van der Waals surface area contributed by atoms with Gasteiger partial charge in [0.2, 0.25) is 6.41 Å². The summed E-state index contributed by atoms with van der Waals surface area (Å²) >= 11 is 1.69. The largest absolute Gasteiger partial charge is 0.496 e. The first-order chi connectivity index (χ1) is 25.7. The van der Waals surface area contributed by atoms with Crippen molar-refractivity contribution < 1.29 is 52.5 Å². The zero-order valence-electron chi connectivity index (χ0n) is 30.8. The van der Waals surface area contributed by atoms with Crippen LogP contribution in [0, 0.1) is 0 Å². The van der Waals surface area contributed by atoms with Gasteiger partial charge in [-0.3, -0.25) is 19.2 Å². The maximum Gasteiger partial charge on any atom is 0.333 e. The zero-order valence-corrected chi connectivity index (χ0v) is 31.6. The average Bonchev–Trinajstić information content (AvgIpc) is 3.50.